The first-order valence-corrected chi connectivity index (χ1v) is 10.7. The number of hydrogen-bond acceptors (Lipinski definition) is 8. The number of nitrogens with zero attached hydrogens (tertiary/aromatic N) is 3. The molecule has 0 spiro atoms. The Hall–Kier alpha value is -2.22. The third kappa shape index (κ3) is 5.15. The van der Waals surface area contributed by atoms with Gasteiger partial charge in [0.25, 0.3) is 5.69 Å². The Labute approximate surface area is 166 Å². The van der Waals surface area contributed by atoms with E-state index < -0.39 is 26.2 Å². The number of hydrogen-bond donors (Lipinski definition) is 1. The summed E-state index contributed by atoms with van der Waals surface area (Å²) in [6.07, 6.45) is 1.39. The number of rotatable bonds is 7. The topological polar surface area (TPSA) is 161 Å². The van der Waals surface area contributed by atoms with E-state index in [1.165, 1.54) is 12.3 Å². The summed E-state index contributed by atoms with van der Waals surface area (Å²) >= 11 is 1.78. The van der Waals surface area contributed by atoms with Crippen molar-refractivity contribution < 1.29 is 22.2 Å². The van der Waals surface area contributed by atoms with Gasteiger partial charge in [-0.15, -0.1) is 0 Å². The average Bonchev–Trinajstić information content (AvgIpc) is 2.65. The van der Waals surface area contributed by atoms with E-state index in [0.29, 0.717) is 10.2 Å². The molecule has 0 fully saturated rings. The Balaban J connectivity index is 2.30. The molecular formula is C14H13BrN4O6S2. The van der Waals surface area contributed by atoms with Crippen molar-refractivity contribution in [2.75, 3.05) is 5.75 Å². The molecule has 0 saturated heterocycles. The highest BCUT2D eigenvalue weighted by molar-refractivity contribution is 9.10. The van der Waals surface area contributed by atoms with Gasteiger partial charge in [0.15, 0.2) is 16.4 Å². The van der Waals surface area contributed by atoms with Crippen LogP contribution in [0.25, 0.3) is 0 Å². The molecule has 2 N–H and O–H groups in total. The predicted octanol–water partition coefficient (Wildman–Crippen LogP) is 1.91. The van der Waals surface area contributed by atoms with Crippen molar-refractivity contribution in [3.63, 3.8) is 0 Å². The largest absolute Gasteiger partial charge is 0.611 e. The molecule has 0 aliphatic heterocycles. The standard InChI is InChI=1S/C14H13BrN4O6S2/c1-2-26(22)12-7-9(15)8-17-13(12)14(16)18-25-27(23,24)11-5-3-10(4-6-11)19(20)21/h3-8H,2H2,1H3,(H2,16,18)/t26-/m1/s1. The third-order valence-electron chi connectivity index (χ3n) is 3.14. The maximum absolute atomic E-state index is 12.1. The minimum absolute atomic E-state index is 0.0253. The number of halogens is 1. The number of nitro benzene ring substituents is 1. The highest BCUT2D eigenvalue weighted by Crippen LogP contribution is 2.21. The smallest absolute Gasteiger partial charge is 0.358 e. The Kier molecular flexibility index (Phi) is 6.75. The maximum Gasteiger partial charge on any atom is 0.358 e. The van der Waals surface area contributed by atoms with E-state index in [1.807, 2.05) is 0 Å². The van der Waals surface area contributed by atoms with Gasteiger partial charge in [0.05, 0.1) is 4.92 Å². The lowest BCUT2D eigenvalue weighted by atomic mass is 10.3. The first-order valence-electron chi connectivity index (χ1n) is 7.21. The van der Waals surface area contributed by atoms with E-state index in [4.69, 9.17) is 5.73 Å². The van der Waals surface area contributed by atoms with Crippen LogP contribution in [0.5, 0.6) is 0 Å². The van der Waals surface area contributed by atoms with E-state index in [9.17, 15) is 23.1 Å². The summed E-state index contributed by atoms with van der Waals surface area (Å²) in [6, 6.07) is 5.59. The maximum atomic E-state index is 12.1. The molecule has 1 aromatic carbocycles. The van der Waals surface area contributed by atoms with E-state index >= 15 is 0 Å². The van der Waals surface area contributed by atoms with Crippen molar-refractivity contribution in [2.24, 2.45) is 10.9 Å². The van der Waals surface area contributed by atoms with Gasteiger partial charge in [0.1, 0.15) is 10.6 Å². The zero-order valence-electron chi connectivity index (χ0n) is 13.7. The number of nitrogens with two attached hydrogens (primary N) is 1. The second kappa shape index (κ2) is 8.65. The summed E-state index contributed by atoms with van der Waals surface area (Å²) in [5, 5.41) is 14.0. The van der Waals surface area contributed by atoms with Crippen molar-refractivity contribution in [3.8, 4) is 0 Å². The number of pyridine rings is 1. The van der Waals surface area contributed by atoms with Crippen LogP contribution in [-0.2, 0) is 25.6 Å². The van der Waals surface area contributed by atoms with Crippen molar-refractivity contribution >= 4 is 48.7 Å². The molecule has 0 bridgehead atoms. The van der Waals surface area contributed by atoms with Crippen molar-refractivity contribution in [1.29, 1.82) is 0 Å². The van der Waals surface area contributed by atoms with Gasteiger partial charge >= 0.3 is 10.1 Å². The van der Waals surface area contributed by atoms with E-state index in [2.05, 4.69) is 30.4 Å². The summed E-state index contributed by atoms with van der Waals surface area (Å²) in [6.45, 7) is 1.70. The zero-order chi connectivity index (χ0) is 20.2. The highest BCUT2D eigenvalue weighted by atomic mass is 79.9. The Bertz CT molecular complexity index is 982. The van der Waals surface area contributed by atoms with Crippen LogP contribution in [0.3, 0.4) is 0 Å². The normalized spacial score (nSPS) is 13.2. The van der Waals surface area contributed by atoms with Crippen molar-refractivity contribution in [1.82, 2.24) is 4.98 Å². The van der Waals surface area contributed by atoms with Gasteiger partial charge in [0, 0.05) is 28.9 Å². The molecule has 0 radical (unpaired) electrons. The van der Waals surface area contributed by atoms with Gasteiger partial charge < -0.3 is 10.3 Å². The SMILES string of the molecule is CC[S@@+]([O-])c1cc(Br)cnc1/C(N)=N/OS(=O)(=O)c1ccc([N+](=O)[O-])cc1. The molecule has 1 atom stereocenters. The fourth-order valence-electron chi connectivity index (χ4n) is 1.85. The van der Waals surface area contributed by atoms with Crippen molar-refractivity contribution in [2.45, 2.75) is 16.7 Å². The molecule has 0 aliphatic carbocycles. The van der Waals surface area contributed by atoms with Crippen LogP contribution >= 0.6 is 15.9 Å². The number of aromatic nitrogens is 1. The van der Waals surface area contributed by atoms with Crippen LogP contribution in [0.1, 0.15) is 12.6 Å². The van der Waals surface area contributed by atoms with E-state index in [0.717, 1.165) is 24.3 Å². The molecule has 2 aromatic rings. The molecular weight excluding hydrogens is 464 g/mol. The summed E-state index contributed by atoms with van der Waals surface area (Å²) in [7, 11) is -4.36. The molecule has 0 saturated carbocycles. The van der Waals surface area contributed by atoms with Gasteiger partial charge in [-0.05, 0) is 51.3 Å². The second-order valence-electron chi connectivity index (χ2n) is 4.89. The third-order valence-corrected chi connectivity index (χ3v) is 6.02. The van der Waals surface area contributed by atoms with Gasteiger partial charge in [-0.25, -0.2) is 4.98 Å². The molecule has 144 valence electrons. The fourth-order valence-corrected chi connectivity index (χ4v) is 4.01. The van der Waals surface area contributed by atoms with E-state index in [1.54, 1.807) is 6.92 Å². The number of oxime groups is 1. The molecule has 2 rings (SSSR count). The van der Waals surface area contributed by atoms with Crippen LogP contribution in [0, 0.1) is 10.1 Å². The molecule has 10 nitrogen and oxygen atoms in total. The van der Waals surface area contributed by atoms with E-state index in [-0.39, 0.29) is 27.0 Å². The number of amidine groups is 1. The molecule has 1 heterocycles. The number of benzene rings is 1. The molecule has 0 amide bonds. The molecule has 13 heteroatoms. The van der Waals surface area contributed by atoms with Crippen molar-refractivity contribution in [3.05, 3.63) is 56.8 Å². The fraction of sp³-hybridized carbons (Fsp3) is 0.143. The zero-order valence-corrected chi connectivity index (χ0v) is 17.0. The minimum atomic E-state index is -4.36. The predicted molar refractivity (Wildman–Crippen MR) is 101 cm³/mol. The summed E-state index contributed by atoms with van der Waals surface area (Å²) in [5.74, 6) is -0.0924. The molecule has 1 aromatic heterocycles. The van der Waals surface area contributed by atoms with Gasteiger partial charge in [-0.1, -0.05) is 0 Å². The van der Waals surface area contributed by atoms with Crippen LogP contribution in [0.2, 0.25) is 0 Å². The van der Waals surface area contributed by atoms with Gasteiger partial charge in [-0.2, -0.15) is 8.42 Å². The summed E-state index contributed by atoms with van der Waals surface area (Å²) < 4.78 is 41.5. The number of non-ortho nitro benzene ring substituents is 1. The van der Waals surface area contributed by atoms with Gasteiger partial charge in [0.2, 0.25) is 0 Å². The molecule has 0 aliphatic rings. The molecule has 27 heavy (non-hydrogen) atoms. The minimum Gasteiger partial charge on any atom is -0.611 e. The van der Waals surface area contributed by atoms with Crippen LogP contribution in [-0.4, -0.2) is 34.5 Å². The van der Waals surface area contributed by atoms with Crippen LogP contribution < -0.4 is 5.73 Å². The highest BCUT2D eigenvalue weighted by Gasteiger charge is 2.22. The van der Waals surface area contributed by atoms with Crippen LogP contribution in [0.15, 0.2) is 55.9 Å². The lowest BCUT2D eigenvalue weighted by Crippen LogP contribution is -2.21. The monoisotopic (exact) mass is 476 g/mol. The second-order valence-corrected chi connectivity index (χ2v) is 9.04. The number of nitro groups is 1. The lowest BCUT2D eigenvalue weighted by molar-refractivity contribution is -0.384. The summed E-state index contributed by atoms with van der Waals surface area (Å²) in [4.78, 5) is 13.9. The Morgan fingerprint density at radius 1 is 1.41 bits per heavy atom. The lowest BCUT2D eigenvalue weighted by Gasteiger charge is -2.11. The van der Waals surface area contributed by atoms with Crippen LogP contribution in [0.4, 0.5) is 5.69 Å². The first kappa shape index (κ1) is 21.1. The Morgan fingerprint density at radius 3 is 2.59 bits per heavy atom. The first-order chi connectivity index (χ1) is 12.7. The quantitative estimate of drug-likeness (QED) is 0.208. The van der Waals surface area contributed by atoms with Gasteiger partial charge in [-0.3, -0.25) is 14.4 Å². The molecule has 0 unspecified atom stereocenters. The Morgan fingerprint density at radius 2 is 2.04 bits per heavy atom. The average molecular weight is 477 g/mol. The summed E-state index contributed by atoms with van der Waals surface area (Å²) in [5.41, 5.74) is 5.50.